The molecule has 0 bridgehead atoms. The number of benzene rings is 12. The van der Waals surface area contributed by atoms with Gasteiger partial charge in [0.1, 0.15) is 0 Å². The lowest BCUT2D eigenvalue weighted by molar-refractivity contribution is 1.28. The van der Waals surface area contributed by atoms with Gasteiger partial charge >= 0.3 is 0 Å². The summed E-state index contributed by atoms with van der Waals surface area (Å²) in [6, 6.07) is -19.8. The molecule has 0 aliphatic heterocycles. The summed E-state index contributed by atoms with van der Waals surface area (Å²) in [7, 11) is 0. The average molecular weight is 834 g/mol. The molecule has 1 heteroatoms. The van der Waals surface area contributed by atoms with E-state index >= 15 is 0 Å². The molecule has 0 radical (unpaired) electrons. The molecule has 1 nitrogen and oxygen atoms in total. The molecule has 0 aromatic heterocycles. The van der Waals surface area contributed by atoms with Crippen LogP contribution in [0.4, 0.5) is 17.1 Å². The van der Waals surface area contributed by atoms with Gasteiger partial charge in [0.05, 0.1) is 46.6 Å². The van der Waals surface area contributed by atoms with Gasteiger partial charge in [-0.25, -0.2) is 0 Å². The summed E-state index contributed by atoms with van der Waals surface area (Å²) in [6.07, 6.45) is 0. The first kappa shape index (κ1) is 15.9. The first-order valence-corrected chi connectivity index (χ1v) is 19.0. The molecule has 294 valence electrons. The number of rotatable bonds is 7. The van der Waals surface area contributed by atoms with E-state index in [9.17, 15) is 17.8 Å². The van der Waals surface area contributed by atoms with Gasteiger partial charge in [-0.15, -0.1) is 0 Å². The highest BCUT2D eigenvalue weighted by Crippen LogP contribution is 2.41. The summed E-state index contributed by atoms with van der Waals surface area (Å²) in [6.45, 7) is 0. The molecule has 0 unspecified atom stereocenters. The topological polar surface area (TPSA) is 3.24 Å². The Labute approximate surface area is 415 Å². The maximum atomic E-state index is 9.81. The smallest absolute Gasteiger partial charge is 0.0645 e. The second-order valence-corrected chi connectivity index (χ2v) is 13.8. The second kappa shape index (κ2) is 15.3. The highest BCUT2D eigenvalue weighted by atomic mass is 15.1. The van der Waals surface area contributed by atoms with E-state index in [1.807, 2.05) is 0 Å². The SMILES string of the molecule is [2H]c1cc2c(-c3c([2H])cc(N(c4cc([2H])c(-c5c([2H])cc(-c6c([2H])c([2H])c([2H])c7c([2H])c([2H])c([2H])c([2H])c67)c([2H])c5[2H])c([2H])c4[2H])c4cc([2H])c(-c5c([2H])c([2H])c([2H])c6c5cc([2H])c5c([2H])c([2H])c([2H])c([2H])c56)c([2H])c4[2H])cc3[2H])c([2H])c3c([2H])c([2H])c([2H])c([2H])c3c2c([2H])c1[2H]. The summed E-state index contributed by atoms with van der Waals surface area (Å²) in [4.78, 5) is 0.866. The number of nitrogens with zero attached hydrogens (tertiary/aromatic N) is 1. The van der Waals surface area contributed by atoms with Crippen LogP contribution in [-0.4, -0.2) is 0 Å². The fourth-order valence-electron chi connectivity index (χ4n) is 7.31. The van der Waals surface area contributed by atoms with Crippen molar-refractivity contribution < 1.29 is 46.6 Å². The van der Waals surface area contributed by atoms with Crippen molar-refractivity contribution in [1.82, 2.24) is 0 Å². The van der Waals surface area contributed by atoms with E-state index in [4.69, 9.17) is 28.8 Å². The Balaban J connectivity index is 1.14. The first-order valence-electron chi connectivity index (χ1n) is 36.0. The molecule has 0 N–H and O–H groups in total. The standard InChI is InChI=1S/C62H41N/c1-4-15-53-44(11-1)14-9-20-54(53)46-25-23-42(24-26-46)43-27-34-50(35-28-43)63(51-36-29-47(30-37-51)56-21-10-22-59-55-16-5-2-12-45(55)33-40-61(56)59)52-38-31-48(32-39-52)62-41-49-13-3-6-17-57(49)58-18-7-8-19-60(58)62/h1-41H/i1D,2D,3D,4D,5D,6D,7D,8D,9D,10D,11D,12D,13D,14D,15D,16D,17D,18D,20D,21D,22D,23D,24D,25D,27D,28D,29D,30D,31D,32D,33D,34D,36D,41D. The predicted molar refractivity (Wildman–Crippen MR) is 270 cm³/mol. The quantitative estimate of drug-likeness (QED) is 0.145. The van der Waals surface area contributed by atoms with Crippen LogP contribution in [0.2, 0.25) is 0 Å². The third-order valence-corrected chi connectivity index (χ3v) is 10.2. The lowest BCUT2D eigenvalue weighted by Gasteiger charge is -2.26. The molecule has 0 aliphatic carbocycles. The zero-order chi connectivity index (χ0) is 71.3. The van der Waals surface area contributed by atoms with Gasteiger partial charge < -0.3 is 4.90 Å². The van der Waals surface area contributed by atoms with E-state index in [0.717, 1.165) is 47.4 Å². The minimum absolute atomic E-state index is 0.260. The predicted octanol–water partition coefficient (Wildman–Crippen LogP) is 17.6. The Bertz CT molecular complexity index is 5680. The fourth-order valence-corrected chi connectivity index (χ4v) is 7.31. The monoisotopic (exact) mass is 834 g/mol. The van der Waals surface area contributed by atoms with E-state index in [1.165, 1.54) is 0 Å². The van der Waals surface area contributed by atoms with Crippen LogP contribution in [0.5, 0.6) is 0 Å². The molecule has 0 aliphatic rings. The third-order valence-electron chi connectivity index (χ3n) is 10.2. The van der Waals surface area contributed by atoms with Gasteiger partial charge in [-0.2, -0.15) is 0 Å². The van der Waals surface area contributed by atoms with Gasteiger partial charge in [-0.3, -0.25) is 0 Å². The maximum Gasteiger partial charge on any atom is 0.0645 e. The summed E-state index contributed by atoms with van der Waals surface area (Å²) in [5.74, 6) is 0. The molecule has 0 heterocycles. The molecular formula is C62H41N. The summed E-state index contributed by atoms with van der Waals surface area (Å²) in [5, 5.41) is -3.86. The maximum absolute atomic E-state index is 9.81. The van der Waals surface area contributed by atoms with Gasteiger partial charge in [0.15, 0.2) is 0 Å². The van der Waals surface area contributed by atoms with Crippen molar-refractivity contribution >= 4 is 70.9 Å². The van der Waals surface area contributed by atoms with E-state index in [0.29, 0.717) is 0 Å². The Hall–Kier alpha value is -8.26. The van der Waals surface area contributed by atoms with Crippen LogP contribution in [0.15, 0.2) is 248 Å². The van der Waals surface area contributed by atoms with Crippen LogP contribution >= 0.6 is 0 Å². The van der Waals surface area contributed by atoms with E-state index < -0.39 is 289 Å². The van der Waals surface area contributed by atoms with E-state index in [1.54, 1.807) is 0 Å². The van der Waals surface area contributed by atoms with E-state index in [2.05, 4.69) is 0 Å². The van der Waals surface area contributed by atoms with Crippen LogP contribution in [0, 0.1) is 0 Å². The van der Waals surface area contributed by atoms with Gasteiger partial charge in [0, 0.05) is 17.1 Å². The molecule has 0 fully saturated rings. The highest BCUT2D eigenvalue weighted by Gasteiger charge is 2.16. The van der Waals surface area contributed by atoms with Gasteiger partial charge in [-0.1, -0.05) is 206 Å². The summed E-state index contributed by atoms with van der Waals surface area (Å²) >= 11 is 0. The van der Waals surface area contributed by atoms with Gasteiger partial charge in [0.25, 0.3) is 0 Å². The molecule has 0 saturated carbocycles. The highest BCUT2D eigenvalue weighted by molar-refractivity contribution is 6.14. The van der Waals surface area contributed by atoms with Crippen molar-refractivity contribution in [1.29, 1.82) is 0 Å². The van der Waals surface area contributed by atoms with Crippen molar-refractivity contribution in [2.45, 2.75) is 0 Å². The second-order valence-electron chi connectivity index (χ2n) is 13.8. The largest absolute Gasteiger partial charge is 0.311 e. The Morgan fingerprint density at radius 2 is 0.698 bits per heavy atom. The van der Waals surface area contributed by atoms with Crippen molar-refractivity contribution in [3.63, 3.8) is 0 Å². The van der Waals surface area contributed by atoms with Crippen molar-refractivity contribution in [3.8, 4) is 44.5 Å². The molecule has 0 saturated heterocycles. The molecule has 12 rings (SSSR count). The Morgan fingerprint density at radius 3 is 1.46 bits per heavy atom. The first-order chi connectivity index (χ1) is 45.3. The minimum atomic E-state index is -0.985. The summed E-state index contributed by atoms with van der Waals surface area (Å²) < 4.78 is 307. The molecule has 63 heavy (non-hydrogen) atoms. The normalized spacial score (nSPS) is 19.0. The zero-order valence-electron chi connectivity index (χ0n) is 66.0. The minimum Gasteiger partial charge on any atom is -0.311 e. The summed E-state index contributed by atoms with van der Waals surface area (Å²) in [5.41, 5.74) is -6.05. The average Bonchev–Trinajstić information content (AvgIpc) is 0.723. The number of hydrogen-bond acceptors (Lipinski definition) is 1. The van der Waals surface area contributed by atoms with Crippen molar-refractivity contribution in [2.24, 2.45) is 0 Å². The van der Waals surface area contributed by atoms with E-state index in [-0.39, 0.29) is 32.3 Å². The fraction of sp³-hybridized carbons (Fsp3) is 0. The van der Waals surface area contributed by atoms with Crippen molar-refractivity contribution in [2.75, 3.05) is 4.90 Å². The van der Waals surface area contributed by atoms with Gasteiger partial charge in [0.2, 0.25) is 0 Å². The number of anilines is 3. The third kappa shape index (κ3) is 6.50. The number of fused-ring (bicyclic) bond motifs is 7. The molecule has 12 aromatic carbocycles. The molecular weight excluding hydrogens is 759 g/mol. The van der Waals surface area contributed by atoms with Crippen LogP contribution in [0.1, 0.15) is 46.6 Å². The zero-order valence-corrected chi connectivity index (χ0v) is 32.0. The Morgan fingerprint density at radius 1 is 0.238 bits per heavy atom. The van der Waals surface area contributed by atoms with Crippen LogP contribution in [-0.2, 0) is 0 Å². The molecule has 0 atom stereocenters. The molecule has 0 amide bonds. The van der Waals surface area contributed by atoms with Crippen LogP contribution in [0.25, 0.3) is 98.4 Å². The van der Waals surface area contributed by atoms with Crippen LogP contribution in [0.3, 0.4) is 0 Å². The lowest BCUT2D eigenvalue weighted by Crippen LogP contribution is -2.09. The Kier molecular flexibility index (Phi) is 3.87. The number of hydrogen-bond donors (Lipinski definition) is 0. The van der Waals surface area contributed by atoms with Crippen LogP contribution < -0.4 is 4.90 Å². The molecule has 12 aromatic rings. The molecule has 0 spiro atoms. The van der Waals surface area contributed by atoms with Gasteiger partial charge in [-0.05, 0) is 141 Å². The van der Waals surface area contributed by atoms with Crippen molar-refractivity contribution in [3.05, 3.63) is 248 Å². The lowest BCUT2D eigenvalue weighted by atomic mass is 9.93.